The number of benzene rings is 3. The van der Waals surface area contributed by atoms with Gasteiger partial charge in [0.2, 0.25) is 0 Å². The number of rotatable bonds is 8. The van der Waals surface area contributed by atoms with Crippen LogP contribution in [-0.2, 0) is 19.4 Å². The molecule has 3 nitrogen and oxygen atoms in total. The van der Waals surface area contributed by atoms with Crippen molar-refractivity contribution in [1.82, 2.24) is 0 Å². The Balaban J connectivity index is 1.60. The lowest BCUT2D eigenvalue weighted by Gasteiger charge is -2.12. The summed E-state index contributed by atoms with van der Waals surface area (Å²) in [7, 11) is 0. The van der Waals surface area contributed by atoms with Crippen LogP contribution < -0.4 is 4.74 Å². The molecule has 0 unspecified atom stereocenters. The number of ether oxygens (including phenoxy) is 1. The van der Waals surface area contributed by atoms with Crippen molar-refractivity contribution in [2.24, 2.45) is 0 Å². The lowest BCUT2D eigenvalue weighted by atomic mass is 10.0. The monoisotopic (exact) mass is 424 g/mol. The standard InChI is InChI=1S/C23H21BrO3/c24-21-14-13-19(22(15-21)27-16-18-5-2-1-3-6-18)8-4-7-17-9-11-20(12-10-17)23(25)26/h1-3,5-6,9-15H,4,7-8,16H2,(H,25,26). The minimum atomic E-state index is -0.892. The molecule has 1 N–H and O–H groups in total. The molecule has 0 heterocycles. The SMILES string of the molecule is O=C(O)c1ccc(CCCc2ccc(Br)cc2OCc2ccccc2)cc1. The van der Waals surface area contributed by atoms with Crippen LogP contribution in [0.15, 0.2) is 77.3 Å². The highest BCUT2D eigenvalue weighted by Gasteiger charge is 2.07. The molecule has 138 valence electrons. The third kappa shape index (κ3) is 5.69. The Morgan fingerprint density at radius 2 is 1.63 bits per heavy atom. The van der Waals surface area contributed by atoms with E-state index in [1.165, 1.54) is 5.56 Å². The Bertz CT molecular complexity index is 889. The van der Waals surface area contributed by atoms with Crippen molar-refractivity contribution >= 4 is 21.9 Å². The van der Waals surface area contributed by atoms with Gasteiger partial charge in [-0.1, -0.05) is 64.5 Å². The highest BCUT2D eigenvalue weighted by Crippen LogP contribution is 2.26. The Kier molecular flexibility index (Phi) is 6.66. The minimum absolute atomic E-state index is 0.322. The van der Waals surface area contributed by atoms with Crippen molar-refractivity contribution in [3.63, 3.8) is 0 Å². The molecule has 0 spiro atoms. The predicted molar refractivity (Wildman–Crippen MR) is 110 cm³/mol. The number of aryl methyl sites for hydroxylation is 2. The highest BCUT2D eigenvalue weighted by molar-refractivity contribution is 9.10. The fourth-order valence-corrected chi connectivity index (χ4v) is 3.24. The normalized spacial score (nSPS) is 10.6. The first kappa shape index (κ1) is 19.2. The average molecular weight is 425 g/mol. The van der Waals surface area contributed by atoms with E-state index in [1.54, 1.807) is 12.1 Å². The van der Waals surface area contributed by atoms with Crippen LogP contribution >= 0.6 is 15.9 Å². The van der Waals surface area contributed by atoms with E-state index in [2.05, 4.69) is 34.1 Å². The predicted octanol–water partition coefficient (Wildman–Crippen LogP) is 5.90. The second-order valence-electron chi connectivity index (χ2n) is 6.38. The van der Waals surface area contributed by atoms with Crippen molar-refractivity contribution < 1.29 is 14.6 Å². The van der Waals surface area contributed by atoms with Crippen molar-refractivity contribution in [2.45, 2.75) is 25.9 Å². The van der Waals surface area contributed by atoms with E-state index in [1.807, 2.05) is 42.5 Å². The number of aromatic carboxylic acids is 1. The fourth-order valence-electron chi connectivity index (χ4n) is 2.90. The molecule has 4 heteroatoms. The number of hydrogen-bond acceptors (Lipinski definition) is 2. The van der Waals surface area contributed by atoms with Crippen LogP contribution in [0.5, 0.6) is 5.75 Å². The Morgan fingerprint density at radius 3 is 2.33 bits per heavy atom. The van der Waals surface area contributed by atoms with Gasteiger partial charge in [0.25, 0.3) is 0 Å². The summed E-state index contributed by atoms with van der Waals surface area (Å²) in [5.74, 6) is 0.00562. The van der Waals surface area contributed by atoms with Crippen molar-refractivity contribution in [2.75, 3.05) is 0 Å². The lowest BCUT2D eigenvalue weighted by molar-refractivity contribution is 0.0697. The average Bonchev–Trinajstić information content (AvgIpc) is 2.69. The fraction of sp³-hybridized carbons (Fsp3) is 0.174. The summed E-state index contributed by atoms with van der Waals surface area (Å²) in [6.07, 6.45) is 2.77. The van der Waals surface area contributed by atoms with Gasteiger partial charge < -0.3 is 9.84 Å². The van der Waals surface area contributed by atoms with Gasteiger partial charge in [0.1, 0.15) is 12.4 Å². The van der Waals surface area contributed by atoms with E-state index >= 15 is 0 Å². The van der Waals surface area contributed by atoms with E-state index in [0.717, 1.165) is 40.6 Å². The van der Waals surface area contributed by atoms with Crippen LogP contribution in [0.1, 0.15) is 33.5 Å². The van der Waals surface area contributed by atoms with E-state index in [0.29, 0.717) is 12.2 Å². The van der Waals surface area contributed by atoms with Gasteiger partial charge in [-0.25, -0.2) is 4.79 Å². The van der Waals surface area contributed by atoms with Crippen LogP contribution in [-0.4, -0.2) is 11.1 Å². The number of carboxylic acid groups (broad SMARTS) is 1. The lowest BCUT2D eigenvalue weighted by Crippen LogP contribution is -2.00. The molecule has 0 aliphatic carbocycles. The topological polar surface area (TPSA) is 46.5 Å². The Morgan fingerprint density at radius 1 is 0.889 bits per heavy atom. The summed E-state index contributed by atoms with van der Waals surface area (Å²) in [4.78, 5) is 10.9. The molecule has 0 amide bonds. The summed E-state index contributed by atoms with van der Waals surface area (Å²) < 4.78 is 7.05. The van der Waals surface area contributed by atoms with Crippen molar-refractivity contribution in [3.8, 4) is 5.75 Å². The van der Waals surface area contributed by atoms with Gasteiger partial charge in [0.05, 0.1) is 5.56 Å². The number of carboxylic acids is 1. The molecule has 3 aromatic carbocycles. The molecule has 3 aromatic rings. The summed E-state index contributed by atoms with van der Waals surface area (Å²) >= 11 is 3.52. The van der Waals surface area contributed by atoms with E-state index < -0.39 is 5.97 Å². The van der Waals surface area contributed by atoms with Gasteiger partial charge in [-0.15, -0.1) is 0 Å². The molecule has 0 fully saturated rings. The van der Waals surface area contributed by atoms with Crippen LogP contribution in [0.4, 0.5) is 0 Å². The van der Waals surface area contributed by atoms with Crippen LogP contribution in [0.3, 0.4) is 0 Å². The van der Waals surface area contributed by atoms with E-state index in [-0.39, 0.29) is 0 Å². The van der Waals surface area contributed by atoms with Crippen LogP contribution in [0.2, 0.25) is 0 Å². The number of halogens is 1. The third-order valence-electron chi connectivity index (χ3n) is 4.38. The third-order valence-corrected chi connectivity index (χ3v) is 4.87. The quantitative estimate of drug-likeness (QED) is 0.489. The van der Waals surface area contributed by atoms with Gasteiger partial charge in [0, 0.05) is 4.47 Å². The molecule has 0 radical (unpaired) electrons. The zero-order chi connectivity index (χ0) is 19.1. The minimum Gasteiger partial charge on any atom is -0.489 e. The summed E-state index contributed by atoms with van der Waals surface area (Å²) in [6, 6.07) is 23.4. The first-order valence-corrected chi connectivity index (χ1v) is 9.68. The molecule has 0 saturated carbocycles. The molecule has 0 bridgehead atoms. The molecule has 0 aliphatic rings. The molecular weight excluding hydrogens is 404 g/mol. The molecular formula is C23H21BrO3. The zero-order valence-corrected chi connectivity index (χ0v) is 16.5. The maximum atomic E-state index is 10.9. The molecule has 0 saturated heterocycles. The molecule has 27 heavy (non-hydrogen) atoms. The first-order valence-electron chi connectivity index (χ1n) is 8.89. The van der Waals surface area contributed by atoms with E-state index in [4.69, 9.17) is 9.84 Å². The smallest absolute Gasteiger partial charge is 0.335 e. The second-order valence-corrected chi connectivity index (χ2v) is 7.30. The van der Waals surface area contributed by atoms with Gasteiger partial charge in [0.15, 0.2) is 0 Å². The second kappa shape index (κ2) is 9.38. The highest BCUT2D eigenvalue weighted by atomic mass is 79.9. The molecule has 0 aromatic heterocycles. The van der Waals surface area contributed by atoms with Crippen molar-refractivity contribution in [1.29, 1.82) is 0 Å². The number of carbonyl (C=O) groups is 1. The number of hydrogen-bond donors (Lipinski definition) is 1. The first-order chi connectivity index (χ1) is 13.1. The van der Waals surface area contributed by atoms with Gasteiger partial charge >= 0.3 is 5.97 Å². The molecule has 3 rings (SSSR count). The summed E-state index contributed by atoms with van der Waals surface area (Å²) in [5, 5.41) is 8.97. The van der Waals surface area contributed by atoms with Gasteiger partial charge in [-0.2, -0.15) is 0 Å². The van der Waals surface area contributed by atoms with Gasteiger partial charge in [-0.05, 0) is 60.2 Å². The van der Waals surface area contributed by atoms with Gasteiger partial charge in [-0.3, -0.25) is 0 Å². The maximum absolute atomic E-state index is 10.9. The Labute approximate surface area is 167 Å². The van der Waals surface area contributed by atoms with Crippen LogP contribution in [0.25, 0.3) is 0 Å². The Hall–Kier alpha value is -2.59. The van der Waals surface area contributed by atoms with Crippen LogP contribution in [0, 0.1) is 0 Å². The van der Waals surface area contributed by atoms with E-state index in [9.17, 15) is 4.79 Å². The maximum Gasteiger partial charge on any atom is 0.335 e. The largest absolute Gasteiger partial charge is 0.489 e. The zero-order valence-electron chi connectivity index (χ0n) is 14.9. The molecule has 0 atom stereocenters. The summed E-state index contributed by atoms with van der Waals surface area (Å²) in [6.45, 7) is 0.543. The summed E-state index contributed by atoms with van der Waals surface area (Å²) in [5.41, 5.74) is 3.78. The molecule has 0 aliphatic heterocycles. The van der Waals surface area contributed by atoms with Crippen molar-refractivity contribution in [3.05, 3.63) is 99.5 Å².